The summed E-state index contributed by atoms with van der Waals surface area (Å²) < 4.78 is 12.1. The van der Waals surface area contributed by atoms with Gasteiger partial charge in [0.2, 0.25) is 0 Å². The molecule has 0 radical (unpaired) electrons. The van der Waals surface area contributed by atoms with Gasteiger partial charge in [-0.1, -0.05) is 29.8 Å². The van der Waals surface area contributed by atoms with E-state index in [0.717, 1.165) is 11.1 Å². The fraction of sp³-hybridized carbons (Fsp3) is 0.200. The summed E-state index contributed by atoms with van der Waals surface area (Å²) in [6.07, 6.45) is 3.21. The third kappa shape index (κ3) is 5.27. The van der Waals surface area contributed by atoms with Crippen molar-refractivity contribution in [3.63, 3.8) is 0 Å². The molecule has 0 amide bonds. The van der Waals surface area contributed by atoms with Crippen molar-refractivity contribution < 1.29 is 14.6 Å². The number of ether oxygens (including phenoxy) is 2. The van der Waals surface area contributed by atoms with Crippen LogP contribution in [0.5, 0.6) is 11.5 Å². The maximum Gasteiger partial charge on any atom is 0.169 e. The van der Waals surface area contributed by atoms with Crippen LogP contribution in [0.15, 0.2) is 47.5 Å². The Balaban J connectivity index is 2.13. The molecule has 33 heavy (non-hydrogen) atoms. The number of aromatic nitrogens is 2. The van der Waals surface area contributed by atoms with Gasteiger partial charge in [0.15, 0.2) is 5.82 Å². The van der Waals surface area contributed by atoms with E-state index in [2.05, 4.69) is 22.2 Å². The van der Waals surface area contributed by atoms with E-state index in [1.54, 1.807) is 37.6 Å². The van der Waals surface area contributed by atoms with Crippen molar-refractivity contribution in [2.45, 2.75) is 13.5 Å². The first-order valence-corrected chi connectivity index (χ1v) is 10.1. The average molecular weight is 441 g/mol. The van der Waals surface area contributed by atoms with Crippen molar-refractivity contribution in [1.82, 2.24) is 9.78 Å². The molecule has 0 saturated carbocycles. The summed E-state index contributed by atoms with van der Waals surface area (Å²) in [5.41, 5.74) is 3.03. The Morgan fingerprint density at radius 2 is 1.91 bits per heavy atom. The van der Waals surface area contributed by atoms with Gasteiger partial charge >= 0.3 is 0 Å². The Kier molecular flexibility index (Phi) is 7.59. The highest BCUT2D eigenvalue weighted by Gasteiger charge is 2.21. The molecule has 8 nitrogen and oxygen atoms in total. The van der Waals surface area contributed by atoms with E-state index in [-0.39, 0.29) is 35.8 Å². The van der Waals surface area contributed by atoms with Crippen LogP contribution in [0.2, 0.25) is 0 Å². The number of rotatable bonds is 8. The number of benzene rings is 2. The first-order chi connectivity index (χ1) is 16.0. The molecule has 0 aliphatic carbocycles. The Morgan fingerprint density at radius 3 is 2.52 bits per heavy atom. The molecule has 0 unspecified atom stereocenters. The zero-order chi connectivity index (χ0) is 23.8. The molecule has 0 spiro atoms. The van der Waals surface area contributed by atoms with E-state index in [1.807, 2.05) is 31.2 Å². The van der Waals surface area contributed by atoms with Gasteiger partial charge in [-0.15, -0.1) is 0 Å². The lowest BCUT2D eigenvalue weighted by molar-refractivity contribution is 0.270. The van der Waals surface area contributed by atoms with Gasteiger partial charge < -0.3 is 14.6 Å². The van der Waals surface area contributed by atoms with Gasteiger partial charge in [0.1, 0.15) is 34.9 Å². The third-order valence-electron chi connectivity index (χ3n) is 4.87. The average Bonchev–Trinajstić information content (AvgIpc) is 3.19. The highest BCUT2D eigenvalue weighted by Crippen LogP contribution is 2.32. The normalized spacial score (nSPS) is 11.3. The molecule has 3 rings (SSSR count). The molecular weight excluding hydrogens is 418 g/mol. The maximum atomic E-state index is 9.89. The number of aliphatic hydroxyl groups is 1. The lowest BCUT2D eigenvalue weighted by Gasteiger charge is -2.07. The monoisotopic (exact) mass is 441 g/mol. The van der Waals surface area contributed by atoms with Gasteiger partial charge in [-0.05, 0) is 36.8 Å². The minimum absolute atomic E-state index is 0.121. The smallest absolute Gasteiger partial charge is 0.169 e. The maximum absolute atomic E-state index is 9.89. The van der Waals surface area contributed by atoms with E-state index in [4.69, 9.17) is 9.47 Å². The molecule has 0 bridgehead atoms. The van der Waals surface area contributed by atoms with Crippen LogP contribution in [-0.2, 0) is 6.54 Å². The number of hydrogen-bond acceptors (Lipinski definition) is 7. The molecule has 1 aromatic heterocycles. The van der Waals surface area contributed by atoms with Crippen molar-refractivity contribution in [3.05, 3.63) is 70.4 Å². The summed E-state index contributed by atoms with van der Waals surface area (Å²) in [4.78, 5) is 4.46. The molecule has 0 saturated heterocycles. The summed E-state index contributed by atoms with van der Waals surface area (Å²) >= 11 is 0. The van der Waals surface area contributed by atoms with Crippen molar-refractivity contribution in [2.24, 2.45) is 4.99 Å². The van der Waals surface area contributed by atoms with Crippen molar-refractivity contribution >= 4 is 23.7 Å². The number of hydrogen-bond donors (Lipinski definition) is 1. The van der Waals surface area contributed by atoms with E-state index in [9.17, 15) is 15.6 Å². The van der Waals surface area contributed by atoms with Crippen LogP contribution in [0.4, 0.5) is 5.82 Å². The second-order valence-corrected chi connectivity index (χ2v) is 7.05. The summed E-state index contributed by atoms with van der Waals surface area (Å²) in [6.45, 7) is 1.91. The highest BCUT2D eigenvalue weighted by atomic mass is 16.5. The molecule has 0 aliphatic rings. The Bertz CT molecular complexity index is 1280. The molecule has 0 atom stereocenters. The molecule has 0 fully saturated rings. The molecule has 166 valence electrons. The van der Waals surface area contributed by atoms with Crippen LogP contribution in [0.1, 0.15) is 27.9 Å². The number of allylic oxidation sites excluding steroid dienone is 1. The molecule has 1 N–H and O–H groups in total. The fourth-order valence-electron chi connectivity index (χ4n) is 3.18. The van der Waals surface area contributed by atoms with Crippen LogP contribution in [0, 0.1) is 29.6 Å². The lowest BCUT2D eigenvalue weighted by atomic mass is 10.0. The zero-order valence-corrected chi connectivity index (χ0v) is 18.6. The van der Waals surface area contributed by atoms with Gasteiger partial charge in [0.25, 0.3) is 0 Å². The van der Waals surface area contributed by atoms with Crippen molar-refractivity contribution in [3.8, 4) is 23.6 Å². The highest BCUT2D eigenvalue weighted by molar-refractivity contribution is 5.93. The predicted molar refractivity (Wildman–Crippen MR) is 125 cm³/mol. The molecule has 1 heterocycles. The molecular formula is C25H23N5O3. The van der Waals surface area contributed by atoms with Gasteiger partial charge in [-0.25, -0.2) is 9.67 Å². The summed E-state index contributed by atoms with van der Waals surface area (Å²) in [6, 6.07) is 17.2. The minimum atomic E-state index is -0.200. The van der Waals surface area contributed by atoms with E-state index in [1.165, 1.54) is 11.8 Å². The molecule has 0 aliphatic heterocycles. The number of aryl methyl sites for hydroxylation is 1. The van der Waals surface area contributed by atoms with Gasteiger partial charge in [0, 0.05) is 11.8 Å². The third-order valence-corrected chi connectivity index (χ3v) is 4.87. The number of aliphatic imine (C=N–C) groups is 1. The van der Waals surface area contributed by atoms with E-state index >= 15 is 0 Å². The van der Waals surface area contributed by atoms with Crippen LogP contribution >= 0.6 is 0 Å². The molecule has 8 heteroatoms. The number of nitrogens with zero attached hydrogens (tertiary/aromatic N) is 5. The second kappa shape index (κ2) is 10.8. The Hall–Kier alpha value is -4.40. The first kappa shape index (κ1) is 23.3. The van der Waals surface area contributed by atoms with E-state index < -0.39 is 0 Å². The Labute approximate surface area is 192 Å². The van der Waals surface area contributed by atoms with Crippen LogP contribution in [0.3, 0.4) is 0 Å². The van der Waals surface area contributed by atoms with Gasteiger partial charge in [0.05, 0.1) is 32.9 Å². The summed E-state index contributed by atoms with van der Waals surface area (Å²) in [5.74, 6) is 1.39. The zero-order valence-electron chi connectivity index (χ0n) is 18.6. The van der Waals surface area contributed by atoms with Crippen LogP contribution < -0.4 is 9.47 Å². The Morgan fingerprint density at radius 1 is 1.15 bits per heavy atom. The van der Waals surface area contributed by atoms with Gasteiger partial charge in [-0.2, -0.15) is 15.6 Å². The number of aliphatic hydroxyl groups excluding tert-OH is 1. The number of methoxy groups -OCH3 is 2. The fourth-order valence-corrected chi connectivity index (χ4v) is 3.18. The standard InChI is InChI=1S/C25H23N5O3/c1-17-4-6-18(7-5-17)16-28-25-22(15-27)24(29-30(25)10-11-31)20(14-26)12-19-13-21(32-2)8-9-23(19)33-3/h4-9,12-13,16,31H,10-11H2,1-3H3/b20-12-,28-16?. The predicted octanol–water partition coefficient (Wildman–Crippen LogP) is 3.89. The molecule has 3 aromatic rings. The summed E-state index contributed by atoms with van der Waals surface area (Å²) in [7, 11) is 3.07. The largest absolute Gasteiger partial charge is 0.497 e. The SMILES string of the molecule is COc1ccc(OC)c(/C=C(/C#N)c2nn(CCO)c(N=Cc3ccc(C)cc3)c2C#N)c1. The lowest BCUT2D eigenvalue weighted by Crippen LogP contribution is -2.04. The van der Waals surface area contributed by atoms with E-state index in [0.29, 0.717) is 17.1 Å². The second-order valence-electron chi connectivity index (χ2n) is 7.05. The van der Waals surface area contributed by atoms with Crippen molar-refractivity contribution in [1.29, 1.82) is 10.5 Å². The minimum Gasteiger partial charge on any atom is -0.497 e. The topological polar surface area (TPSA) is 116 Å². The molecule has 2 aromatic carbocycles. The first-order valence-electron chi connectivity index (χ1n) is 10.1. The van der Waals surface area contributed by atoms with Gasteiger partial charge in [-0.3, -0.25) is 0 Å². The van der Waals surface area contributed by atoms with Crippen LogP contribution in [0.25, 0.3) is 11.6 Å². The number of nitriles is 2. The van der Waals surface area contributed by atoms with Crippen molar-refractivity contribution in [2.75, 3.05) is 20.8 Å². The van der Waals surface area contributed by atoms with Crippen LogP contribution in [-0.4, -0.2) is 41.9 Å². The summed E-state index contributed by atoms with van der Waals surface area (Å²) in [5, 5.41) is 33.7. The quantitative estimate of drug-likeness (QED) is 0.419.